The summed E-state index contributed by atoms with van der Waals surface area (Å²) in [5.74, 6) is -0.176. The van der Waals surface area contributed by atoms with E-state index < -0.39 is 5.91 Å². The molecule has 2 N–H and O–H groups in total. The first kappa shape index (κ1) is 11.5. The zero-order valence-corrected chi connectivity index (χ0v) is 8.66. The van der Waals surface area contributed by atoms with Crippen molar-refractivity contribution in [2.24, 2.45) is 5.73 Å². The van der Waals surface area contributed by atoms with Gasteiger partial charge in [-0.25, -0.2) is 0 Å². The van der Waals surface area contributed by atoms with Crippen molar-refractivity contribution in [1.29, 1.82) is 0 Å². The minimum atomic E-state index is -0.463. The molecule has 0 spiro atoms. The van der Waals surface area contributed by atoms with Crippen LogP contribution in [0.5, 0.6) is 5.75 Å². The number of rotatable bonds is 5. The zero-order chi connectivity index (χ0) is 11.3. The molecule has 1 rings (SSSR count). The van der Waals surface area contributed by atoms with E-state index in [9.17, 15) is 9.59 Å². The van der Waals surface area contributed by atoms with Crippen molar-refractivity contribution in [1.82, 2.24) is 0 Å². The van der Waals surface area contributed by atoms with E-state index in [0.717, 1.165) is 0 Å². The number of hydrogen-bond donors (Lipinski definition) is 1. The van der Waals surface area contributed by atoms with Crippen molar-refractivity contribution in [2.45, 2.75) is 6.42 Å². The predicted molar refractivity (Wildman–Crippen MR) is 56.1 cm³/mol. The number of hydrogen-bond acceptors (Lipinski definition) is 3. The maximum Gasteiger partial charge on any atom is 0.220 e. The van der Waals surface area contributed by atoms with Crippen LogP contribution in [0.1, 0.15) is 16.8 Å². The lowest BCUT2D eigenvalue weighted by molar-refractivity contribution is -0.118. The smallest absolute Gasteiger partial charge is 0.220 e. The minimum Gasteiger partial charge on any atom is -0.491 e. The standard InChI is InChI=1S/C10H10ClNO3/c11-8-3-1-2-7(6-13)10(8)15-5-4-9(12)14/h1-3,6H,4-5H2,(H2,12,14). The van der Waals surface area contributed by atoms with E-state index in [1.807, 2.05) is 0 Å². The van der Waals surface area contributed by atoms with Crippen molar-refractivity contribution in [3.05, 3.63) is 28.8 Å². The molecule has 0 saturated heterocycles. The van der Waals surface area contributed by atoms with Gasteiger partial charge in [-0.2, -0.15) is 0 Å². The Balaban J connectivity index is 2.74. The number of para-hydroxylation sites is 1. The molecule has 1 aromatic rings. The first-order valence-electron chi connectivity index (χ1n) is 4.30. The normalized spacial score (nSPS) is 9.67. The summed E-state index contributed by atoms with van der Waals surface area (Å²) in [6, 6.07) is 4.83. The molecular weight excluding hydrogens is 218 g/mol. The van der Waals surface area contributed by atoms with Gasteiger partial charge in [0.25, 0.3) is 0 Å². The molecule has 0 aliphatic heterocycles. The number of amides is 1. The molecule has 4 nitrogen and oxygen atoms in total. The third-order valence-electron chi connectivity index (χ3n) is 1.72. The number of carbonyl (C=O) groups is 2. The lowest BCUT2D eigenvalue weighted by Gasteiger charge is -2.08. The van der Waals surface area contributed by atoms with E-state index >= 15 is 0 Å². The second-order valence-electron chi connectivity index (χ2n) is 2.84. The number of aldehydes is 1. The fraction of sp³-hybridized carbons (Fsp3) is 0.200. The highest BCUT2D eigenvalue weighted by atomic mass is 35.5. The number of nitrogens with two attached hydrogens (primary N) is 1. The Bertz CT molecular complexity index is 379. The Morgan fingerprint density at radius 2 is 2.27 bits per heavy atom. The molecule has 0 aliphatic carbocycles. The van der Waals surface area contributed by atoms with Crippen LogP contribution in [0.4, 0.5) is 0 Å². The second-order valence-corrected chi connectivity index (χ2v) is 3.25. The van der Waals surface area contributed by atoms with Crippen molar-refractivity contribution in [3.63, 3.8) is 0 Å². The molecule has 0 aromatic heterocycles. The number of benzene rings is 1. The van der Waals surface area contributed by atoms with Crippen molar-refractivity contribution in [3.8, 4) is 5.75 Å². The van der Waals surface area contributed by atoms with Gasteiger partial charge in [-0.3, -0.25) is 9.59 Å². The first-order chi connectivity index (χ1) is 7.15. The van der Waals surface area contributed by atoms with Gasteiger partial charge >= 0.3 is 0 Å². The van der Waals surface area contributed by atoms with Gasteiger partial charge in [0.2, 0.25) is 5.91 Å². The van der Waals surface area contributed by atoms with E-state index in [4.69, 9.17) is 22.1 Å². The zero-order valence-electron chi connectivity index (χ0n) is 7.90. The highest BCUT2D eigenvalue weighted by Crippen LogP contribution is 2.27. The lowest BCUT2D eigenvalue weighted by Crippen LogP contribution is -2.15. The molecule has 0 fully saturated rings. The average molecular weight is 228 g/mol. The van der Waals surface area contributed by atoms with Gasteiger partial charge in [-0.05, 0) is 12.1 Å². The lowest BCUT2D eigenvalue weighted by atomic mass is 10.2. The minimum absolute atomic E-state index is 0.0868. The quantitative estimate of drug-likeness (QED) is 0.774. The largest absolute Gasteiger partial charge is 0.491 e. The Morgan fingerprint density at radius 3 is 2.87 bits per heavy atom. The summed E-state index contributed by atoms with van der Waals surface area (Å²) < 4.78 is 5.21. The van der Waals surface area contributed by atoms with Crippen molar-refractivity contribution in [2.75, 3.05) is 6.61 Å². The van der Waals surface area contributed by atoms with Crippen LogP contribution in [-0.2, 0) is 4.79 Å². The van der Waals surface area contributed by atoms with Gasteiger partial charge in [-0.1, -0.05) is 17.7 Å². The van der Waals surface area contributed by atoms with Crippen LogP contribution < -0.4 is 10.5 Å². The number of halogens is 1. The summed E-state index contributed by atoms with van der Waals surface area (Å²) >= 11 is 5.82. The van der Waals surface area contributed by atoms with E-state index in [0.29, 0.717) is 16.9 Å². The Hall–Kier alpha value is -1.55. The van der Waals surface area contributed by atoms with Crippen molar-refractivity contribution < 1.29 is 14.3 Å². The molecule has 0 heterocycles. The number of ether oxygens (including phenoxy) is 1. The monoisotopic (exact) mass is 227 g/mol. The SMILES string of the molecule is NC(=O)CCOc1c(Cl)cccc1C=O. The second kappa shape index (κ2) is 5.36. The summed E-state index contributed by atoms with van der Waals surface area (Å²) in [6.45, 7) is 0.111. The highest BCUT2D eigenvalue weighted by molar-refractivity contribution is 6.32. The summed E-state index contributed by atoms with van der Waals surface area (Å²) in [5, 5.41) is 0.337. The van der Waals surface area contributed by atoms with E-state index in [1.165, 1.54) is 0 Å². The van der Waals surface area contributed by atoms with Crippen molar-refractivity contribution >= 4 is 23.8 Å². The van der Waals surface area contributed by atoms with Gasteiger partial charge < -0.3 is 10.5 Å². The predicted octanol–water partition coefficient (Wildman–Crippen LogP) is 1.41. The van der Waals surface area contributed by atoms with Gasteiger partial charge in [0.1, 0.15) is 5.75 Å². The average Bonchev–Trinajstić information content (AvgIpc) is 2.20. The molecule has 0 unspecified atom stereocenters. The number of carbonyl (C=O) groups excluding carboxylic acids is 2. The molecule has 0 radical (unpaired) electrons. The van der Waals surface area contributed by atoms with Crippen LogP contribution >= 0.6 is 11.6 Å². The van der Waals surface area contributed by atoms with Crippen LogP contribution in [-0.4, -0.2) is 18.8 Å². The molecule has 0 atom stereocenters. The summed E-state index contributed by atoms with van der Waals surface area (Å²) in [7, 11) is 0. The Morgan fingerprint density at radius 1 is 1.53 bits per heavy atom. The number of primary amides is 1. The van der Waals surface area contributed by atoms with Crippen LogP contribution in [0.2, 0.25) is 5.02 Å². The Labute approximate surface area is 92.0 Å². The third-order valence-corrected chi connectivity index (χ3v) is 2.02. The molecular formula is C10H10ClNO3. The molecule has 0 saturated carbocycles. The van der Waals surface area contributed by atoms with Gasteiger partial charge in [-0.15, -0.1) is 0 Å². The molecule has 80 valence electrons. The topological polar surface area (TPSA) is 69.4 Å². The molecule has 1 amide bonds. The summed E-state index contributed by atoms with van der Waals surface area (Å²) in [6.07, 6.45) is 0.731. The summed E-state index contributed by atoms with van der Waals surface area (Å²) in [4.78, 5) is 21.1. The summed E-state index contributed by atoms with van der Waals surface area (Å²) in [5.41, 5.74) is 5.30. The maximum absolute atomic E-state index is 10.6. The fourth-order valence-corrected chi connectivity index (χ4v) is 1.26. The van der Waals surface area contributed by atoms with E-state index in [1.54, 1.807) is 18.2 Å². The highest BCUT2D eigenvalue weighted by Gasteiger charge is 2.07. The third kappa shape index (κ3) is 3.25. The van der Waals surface area contributed by atoms with Crippen LogP contribution in [0.3, 0.4) is 0 Å². The Kier molecular flexibility index (Phi) is 4.12. The van der Waals surface area contributed by atoms with Gasteiger partial charge in [0.15, 0.2) is 6.29 Å². The maximum atomic E-state index is 10.6. The fourth-order valence-electron chi connectivity index (χ4n) is 1.02. The molecule has 5 heteroatoms. The molecule has 0 bridgehead atoms. The van der Waals surface area contributed by atoms with Crippen LogP contribution in [0, 0.1) is 0 Å². The van der Waals surface area contributed by atoms with E-state index in [2.05, 4.69) is 0 Å². The van der Waals surface area contributed by atoms with E-state index in [-0.39, 0.29) is 18.8 Å². The molecule has 1 aromatic carbocycles. The van der Waals surface area contributed by atoms with Crippen LogP contribution in [0.25, 0.3) is 0 Å². The molecule has 15 heavy (non-hydrogen) atoms. The van der Waals surface area contributed by atoms with Gasteiger partial charge in [0, 0.05) is 0 Å². The van der Waals surface area contributed by atoms with Crippen LogP contribution in [0.15, 0.2) is 18.2 Å². The first-order valence-corrected chi connectivity index (χ1v) is 4.67. The molecule has 0 aliphatic rings. The van der Waals surface area contributed by atoms with Gasteiger partial charge in [0.05, 0.1) is 23.6 Å².